The van der Waals surface area contributed by atoms with Gasteiger partial charge in [-0.25, -0.2) is 4.99 Å². The molecule has 1 aliphatic heterocycles. The van der Waals surface area contributed by atoms with Crippen LogP contribution in [0.15, 0.2) is 99.2 Å². The highest BCUT2D eigenvalue weighted by Crippen LogP contribution is 2.37. The summed E-state index contributed by atoms with van der Waals surface area (Å²) in [5.74, 6) is 1.12. The maximum absolute atomic E-state index is 13.5. The first kappa shape index (κ1) is 26.0. The number of carbonyl (C=O) groups is 1. The fraction of sp³-hybridized carbons (Fsp3) is 0.133. The van der Waals surface area contributed by atoms with Crippen molar-refractivity contribution in [2.45, 2.75) is 13.3 Å². The molecule has 1 aromatic heterocycles. The number of furan rings is 1. The van der Waals surface area contributed by atoms with Crippen molar-refractivity contribution in [3.05, 3.63) is 117 Å². The van der Waals surface area contributed by atoms with Crippen molar-refractivity contribution < 1.29 is 18.9 Å². The second-order valence-corrected chi connectivity index (χ2v) is 9.89. The molecule has 0 atom stereocenters. The predicted octanol–water partition coefficient (Wildman–Crippen LogP) is 7.02. The Bertz CT molecular complexity index is 1580. The van der Waals surface area contributed by atoms with E-state index in [1.165, 1.54) is 37.1 Å². The highest BCUT2D eigenvalue weighted by Gasteiger charge is 2.33. The zero-order valence-electron chi connectivity index (χ0n) is 21.4. The number of ether oxygens (including phenoxy) is 1. The maximum Gasteiger partial charge on any atom is 0.270 e. The predicted molar refractivity (Wildman–Crippen MR) is 153 cm³/mol. The molecule has 1 fully saturated rings. The number of hydrogen-bond acceptors (Lipinski definition) is 7. The number of carbonyl (C=O) groups excluding carboxylic acids is 1. The summed E-state index contributed by atoms with van der Waals surface area (Å²) in [6.07, 6.45) is 2.36. The SMILES string of the molecule is COc1ccc([N+](=O)[O-])cc1-c1ccc(/C=C2/SC(=Nc3ccc(C)cc3)N(CCc3ccccc3)C2=O)o1. The number of thioether (sulfide) groups is 1. The van der Waals surface area contributed by atoms with Gasteiger partial charge in [0.15, 0.2) is 5.17 Å². The highest BCUT2D eigenvalue weighted by molar-refractivity contribution is 8.18. The van der Waals surface area contributed by atoms with Gasteiger partial charge in [0.1, 0.15) is 17.3 Å². The number of benzene rings is 3. The van der Waals surface area contributed by atoms with E-state index in [0.29, 0.717) is 45.9 Å². The van der Waals surface area contributed by atoms with E-state index in [-0.39, 0.29) is 11.6 Å². The lowest BCUT2D eigenvalue weighted by molar-refractivity contribution is -0.384. The van der Waals surface area contributed by atoms with E-state index in [0.717, 1.165) is 16.8 Å². The molecule has 0 unspecified atom stereocenters. The number of nitro groups is 1. The molecule has 1 aliphatic rings. The molecule has 0 radical (unpaired) electrons. The summed E-state index contributed by atoms with van der Waals surface area (Å²) in [5, 5.41) is 11.9. The molecule has 0 spiro atoms. The van der Waals surface area contributed by atoms with Gasteiger partial charge in [0, 0.05) is 24.8 Å². The van der Waals surface area contributed by atoms with E-state index in [1.54, 1.807) is 23.1 Å². The minimum absolute atomic E-state index is 0.0744. The van der Waals surface area contributed by atoms with Crippen LogP contribution in [-0.2, 0) is 11.2 Å². The summed E-state index contributed by atoms with van der Waals surface area (Å²) in [5.41, 5.74) is 3.40. The van der Waals surface area contributed by atoms with Gasteiger partial charge in [-0.05, 0) is 61.0 Å². The maximum atomic E-state index is 13.5. The number of aliphatic imine (C=N–C) groups is 1. The quantitative estimate of drug-likeness (QED) is 0.136. The lowest BCUT2D eigenvalue weighted by atomic mass is 10.1. The second kappa shape index (κ2) is 11.4. The Morgan fingerprint density at radius 3 is 2.54 bits per heavy atom. The Labute approximate surface area is 229 Å². The number of nitro benzene ring substituents is 1. The molecule has 2 heterocycles. The summed E-state index contributed by atoms with van der Waals surface area (Å²) in [6.45, 7) is 2.49. The van der Waals surface area contributed by atoms with Gasteiger partial charge >= 0.3 is 0 Å². The van der Waals surface area contributed by atoms with Crippen molar-refractivity contribution in [2.75, 3.05) is 13.7 Å². The molecule has 8 nitrogen and oxygen atoms in total. The Hall–Kier alpha value is -4.63. The molecule has 196 valence electrons. The third-order valence-corrected chi connectivity index (χ3v) is 7.18. The summed E-state index contributed by atoms with van der Waals surface area (Å²) in [6, 6.07) is 25.5. The molecule has 0 saturated carbocycles. The van der Waals surface area contributed by atoms with Gasteiger partial charge in [-0.1, -0.05) is 48.0 Å². The average Bonchev–Trinajstić information content (AvgIpc) is 3.53. The molecule has 0 aliphatic carbocycles. The van der Waals surface area contributed by atoms with Crippen molar-refractivity contribution in [3.8, 4) is 17.1 Å². The largest absolute Gasteiger partial charge is 0.496 e. The molecule has 0 N–H and O–H groups in total. The van der Waals surface area contributed by atoms with Gasteiger partial charge in [-0.2, -0.15) is 0 Å². The normalized spacial score (nSPS) is 15.3. The van der Waals surface area contributed by atoms with Crippen molar-refractivity contribution >= 4 is 40.3 Å². The number of nitrogens with zero attached hydrogens (tertiary/aromatic N) is 3. The molecule has 3 aromatic carbocycles. The van der Waals surface area contributed by atoms with Crippen molar-refractivity contribution in [2.24, 2.45) is 4.99 Å². The first-order valence-corrected chi connectivity index (χ1v) is 13.1. The van der Waals surface area contributed by atoms with Gasteiger partial charge in [0.2, 0.25) is 0 Å². The molecular weight excluding hydrogens is 514 g/mol. The van der Waals surface area contributed by atoms with Crippen LogP contribution >= 0.6 is 11.8 Å². The van der Waals surface area contributed by atoms with Crippen LogP contribution in [0.2, 0.25) is 0 Å². The van der Waals surface area contributed by atoms with Crippen molar-refractivity contribution in [1.82, 2.24) is 4.90 Å². The minimum atomic E-state index is -0.471. The Kier molecular flexibility index (Phi) is 7.60. The third kappa shape index (κ3) is 5.94. The molecular formula is C30H25N3O5S. The van der Waals surface area contributed by atoms with Crippen LogP contribution in [-0.4, -0.2) is 34.6 Å². The van der Waals surface area contributed by atoms with Gasteiger partial charge in [0.05, 0.1) is 28.2 Å². The average molecular weight is 540 g/mol. The molecule has 5 rings (SSSR count). The number of hydrogen-bond donors (Lipinski definition) is 0. The van der Waals surface area contributed by atoms with Crippen LogP contribution in [0, 0.1) is 17.0 Å². The molecule has 1 saturated heterocycles. The summed E-state index contributed by atoms with van der Waals surface area (Å²) >= 11 is 1.29. The monoisotopic (exact) mass is 539 g/mol. The lowest BCUT2D eigenvalue weighted by Gasteiger charge is -2.15. The molecule has 0 bridgehead atoms. The standard InChI is InChI=1S/C30H25N3O5S/c1-20-8-10-22(11-9-20)31-30-32(17-16-21-6-4-3-5-7-21)29(34)28(39-30)19-24-13-15-27(38-24)25-18-23(33(35)36)12-14-26(25)37-2/h3-15,18-19H,16-17H2,1-2H3/b28-19+,31-30?. The number of methoxy groups -OCH3 is 1. The fourth-order valence-electron chi connectivity index (χ4n) is 4.11. The third-order valence-electron chi connectivity index (χ3n) is 6.17. The van der Waals surface area contributed by atoms with Gasteiger partial charge in [-0.3, -0.25) is 19.8 Å². The summed E-state index contributed by atoms with van der Waals surface area (Å²) in [4.78, 5) is 31.2. The van der Waals surface area contributed by atoms with E-state index in [9.17, 15) is 14.9 Å². The number of rotatable bonds is 8. The van der Waals surface area contributed by atoms with Crippen LogP contribution in [0.5, 0.6) is 5.75 Å². The Balaban J connectivity index is 1.45. The molecule has 9 heteroatoms. The van der Waals surface area contributed by atoms with Crippen molar-refractivity contribution in [1.29, 1.82) is 0 Å². The minimum Gasteiger partial charge on any atom is -0.496 e. The first-order chi connectivity index (χ1) is 18.9. The first-order valence-electron chi connectivity index (χ1n) is 12.2. The summed E-state index contributed by atoms with van der Waals surface area (Å²) < 4.78 is 11.4. The summed E-state index contributed by atoms with van der Waals surface area (Å²) in [7, 11) is 1.49. The second-order valence-electron chi connectivity index (χ2n) is 8.88. The zero-order valence-corrected chi connectivity index (χ0v) is 22.2. The van der Waals surface area contributed by atoms with Gasteiger partial charge in [-0.15, -0.1) is 0 Å². The van der Waals surface area contributed by atoms with E-state index >= 15 is 0 Å². The molecule has 39 heavy (non-hydrogen) atoms. The van der Waals surface area contributed by atoms with Crippen LogP contribution in [0.3, 0.4) is 0 Å². The van der Waals surface area contributed by atoms with Crippen LogP contribution < -0.4 is 4.74 Å². The van der Waals surface area contributed by atoms with Crippen LogP contribution in [0.4, 0.5) is 11.4 Å². The molecule has 1 amide bonds. The van der Waals surface area contributed by atoms with Crippen LogP contribution in [0.1, 0.15) is 16.9 Å². The number of amidine groups is 1. The van der Waals surface area contributed by atoms with Crippen molar-refractivity contribution in [3.63, 3.8) is 0 Å². The van der Waals surface area contributed by atoms with Gasteiger partial charge < -0.3 is 9.15 Å². The number of aryl methyl sites for hydroxylation is 1. The number of non-ortho nitro benzene ring substituents is 1. The lowest BCUT2D eigenvalue weighted by Crippen LogP contribution is -2.31. The highest BCUT2D eigenvalue weighted by atomic mass is 32.2. The van der Waals surface area contributed by atoms with E-state index < -0.39 is 4.92 Å². The zero-order chi connectivity index (χ0) is 27.4. The Morgan fingerprint density at radius 2 is 1.82 bits per heavy atom. The van der Waals surface area contributed by atoms with Crippen LogP contribution in [0.25, 0.3) is 17.4 Å². The van der Waals surface area contributed by atoms with E-state index in [4.69, 9.17) is 14.1 Å². The van der Waals surface area contributed by atoms with E-state index in [2.05, 4.69) is 0 Å². The van der Waals surface area contributed by atoms with E-state index in [1.807, 2.05) is 61.5 Å². The number of amides is 1. The topological polar surface area (TPSA) is 98.2 Å². The fourth-order valence-corrected chi connectivity index (χ4v) is 5.12. The Morgan fingerprint density at radius 1 is 1.05 bits per heavy atom. The molecule has 4 aromatic rings. The smallest absolute Gasteiger partial charge is 0.270 e. The van der Waals surface area contributed by atoms with Gasteiger partial charge in [0.25, 0.3) is 11.6 Å².